The molecule has 352 valence electrons. The third-order valence-electron chi connectivity index (χ3n) is 13.6. The van der Waals surface area contributed by atoms with Crippen LogP contribution in [0.4, 0.5) is 11.9 Å². The molecule has 8 heterocycles. The fourth-order valence-electron chi connectivity index (χ4n) is 9.76. The highest BCUT2D eigenvalue weighted by Crippen LogP contribution is 2.32. The van der Waals surface area contributed by atoms with Crippen LogP contribution in [0.15, 0.2) is 122 Å². The predicted molar refractivity (Wildman–Crippen MR) is 281 cm³/mol. The summed E-state index contributed by atoms with van der Waals surface area (Å²) in [5.41, 5.74) is 12.5. The van der Waals surface area contributed by atoms with Gasteiger partial charge in [-0.25, -0.2) is 24.9 Å². The van der Waals surface area contributed by atoms with Crippen molar-refractivity contribution in [3.8, 4) is 22.3 Å². The Morgan fingerprint density at radius 3 is 1.61 bits per heavy atom. The van der Waals surface area contributed by atoms with Gasteiger partial charge in [-0.15, -0.1) is 0 Å². The molecule has 0 saturated carbocycles. The first-order chi connectivity index (χ1) is 34.2. The number of halogens is 2. The second kappa shape index (κ2) is 20.1. The van der Waals surface area contributed by atoms with Crippen molar-refractivity contribution in [3.05, 3.63) is 155 Å². The van der Waals surface area contributed by atoms with Crippen molar-refractivity contribution in [2.24, 2.45) is 0 Å². The van der Waals surface area contributed by atoms with Crippen LogP contribution in [0.25, 0.3) is 66.0 Å². The van der Waals surface area contributed by atoms with Gasteiger partial charge in [-0.3, -0.25) is 25.0 Å². The van der Waals surface area contributed by atoms with Crippen molar-refractivity contribution < 1.29 is 0 Å². The summed E-state index contributed by atoms with van der Waals surface area (Å²) in [6, 6.07) is 31.7. The number of aromatic amines is 2. The number of benzene rings is 4. The fraction of sp³-hybridized carbons (Fsp3) is 0.259. The zero-order valence-corrected chi connectivity index (χ0v) is 40.5. The van der Waals surface area contributed by atoms with Crippen LogP contribution in [0.3, 0.4) is 0 Å². The molecule has 16 heteroatoms. The van der Waals surface area contributed by atoms with Crippen LogP contribution in [-0.4, -0.2) is 98.4 Å². The summed E-state index contributed by atoms with van der Waals surface area (Å²) in [5.74, 6) is 1.41. The van der Waals surface area contributed by atoms with Crippen LogP contribution in [0, 0.1) is 13.8 Å². The molecular formula is C54H52Cl2N14. The minimum Gasteiger partial charge on any atom is -0.351 e. The van der Waals surface area contributed by atoms with E-state index in [1.807, 2.05) is 62.8 Å². The number of aryl methyl sites for hydroxylation is 2. The summed E-state index contributed by atoms with van der Waals surface area (Å²) in [7, 11) is 0. The van der Waals surface area contributed by atoms with Crippen molar-refractivity contribution >= 4 is 78.8 Å². The van der Waals surface area contributed by atoms with E-state index in [0.29, 0.717) is 24.0 Å². The zero-order valence-electron chi connectivity index (χ0n) is 39.0. The number of anilines is 2. The molecule has 2 fully saturated rings. The van der Waals surface area contributed by atoms with E-state index in [1.54, 1.807) is 12.4 Å². The highest BCUT2D eigenvalue weighted by atomic mass is 35.5. The topological polar surface area (TPSA) is 165 Å². The van der Waals surface area contributed by atoms with E-state index >= 15 is 0 Å². The molecule has 12 rings (SSSR count). The van der Waals surface area contributed by atoms with E-state index in [4.69, 9.17) is 43.1 Å². The Labute approximate surface area is 415 Å². The molecule has 4 aromatic carbocycles. The fourth-order valence-corrected chi connectivity index (χ4v) is 10.0. The Morgan fingerprint density at radius 1 is 0.543 bits per heavy atom. The summed E-state index contributed by atoms with van der Waals surface area (Å²) in [4.78, 5) is 32.9. The predicted octanol–water partition coefficient (Wildman–Crippen LogP) is 11.2. The molecule has 10 aromatic rings. The minimum atomic E-state index is 0.373. The molecule has 0 spiro atoms. The molecule has 0 unspecified atom stereocenters. The number of rotatable bonds is 10. The number of hydrogen-bond acceptors (Lipinski definition) is 12. The maximum atomic E-state index is 6.01. The molecular weight excluding hydrogens is 916 g/mol. The third-order valence-corrected chi connectivity index (χ3v) is 14.1. The van der Waals surface area contributed by atoms with Gasteiger partial charge >= 0.3 is 0 Å². The SMILES string of the molecule is Cc1nc(NC2CCN(Cc3ccc(Cl)cc3)CC2)nc2ccc(-c3ccnc4[nH]ncc34)cc12.Cc1nc(NC2CCN(Cc3ccc(Cl)cc3)CC2)nc2ccc(-c3cncc4[nH]ncc34)cc12. The van der Waals surface area contributed by atoms with Crippen molar-refractivity contribution in [2.75, 3.05) is 36.8 Å². The van der Waals surface area contributed by atoms with E-state index < -0.39 is 0 Å². The second-order valence-electron chi connectivity index (χ2n) is 18.4. The number of nitrogens with one attached hydrogen (secondary N) is 4. The first-order valence-electron chi connectivity index (χ1n) is 23.8. The van der Waals surface area contributed by atoms with E-state index in [2.05, 4.69) is 111 Å². The monoisotopic (exact) mass is 966 g/mol. The molecule has 70 heavy (non-hydrogen) atoms. The van der Waals surface area contributed by atoms with Crippen molar-refractivity contribution in [2.45, 2.75) is 64.7 Å². The maximum Gasteiger partial charge on any atom is 0.223 e. The Hall–Kier alpha value is -7.10. The summed E-state index contributed by atoms with van der Waals surface area (Å²) < 4.78 is 0. The van der Waals surface area contributed by atoms with Gasteiger partial charge in [0, 0.05) is 101 Å². The van der Waals surface area contributed by atoms with Gasteiger partial charge in [-0.05, 0) is 122 Å². The molecule has 4 N–H and O–H groups in total. The van der Waals surface area contributed by atoms with Crippen LogP contribution in [-0.2, 0) is 13.1 Å². The van der Waals surface area contributed by atoms with Gasteiger partial charge in [0.25, 0.3) is 0 Å². The summed E-state index contributed by atoms with van der Waals surface area (Å²) in [6.45, 7) is 10.2. The molecule has 0 radical (unpaired) electrons. The molecule has 2 aliphatic rings. The average Bonchev–Trinajstić information content (AvgIpc) is 4.08. The highest BCUT2D eigenvalue weighted by Gasteiger charge is 2.22. The second-order valence-corrected chi connectivity index (χ2v) is 19.3. The number of nitrogens with zero attached hydrogens (tertiary/aromatic N) is 10. The largest absolute Gasteiger partial charge is 0.351 e. The molecule has 0 aliphatic carbocycles. The van der Waals surface area contributed by atoms with Crippen molar-refractivity contribution in [1.82, 2.24) is 60.1 Å². The van der Waals surface area contributed by atoms with Gasteiger partial charge in [0.2, 0.25) is 11.9 Å². The molecule has 6 aromatic heterocycles. The number of H-pyrrole nitrogens is 2. The summed E-state index contributed by atoms with van der Waals surface area (Å²) in [6.07, 6.45) is 13.4. The minimum absolute atomic E-state index is 0.373. The first kappa shape index (κ1) is 45.3. The normalized spacial score (nSPS) is 15.1. The first-order valence-corrected chi connectivity index (χ1v) is 24.6. The number of hydrogen-bond donors (Lipinski definition) is 4. The standard InChI is InChI=1S/2C27H26ClN7/c1-17-23-14-19(22-8-11-29-26-24(22)15-30-34-26)4-7-25(23)33-27(31-17)32-21-9-12-35(13-10-21)16-18-2-5-20(28)6-3-18;1-17-22-12-19(23-13-29-15-26-24(23)14-30-34-26)4-7-25(22)33-27(31-17)32-21-8-10-35(11-9-21)16-18-2-5-20(28)6-3-18/h2-8,11,14-15,21H,9-10,12-13,16H2,1H3,(H,29,30,34)(H,31,32,33);2-7,12-15,21H,8-11,16H2,1H3,(H,30,34)(H,31,32,33). The van der Waals surface area contributed by atoms with Crippen LogP contribution < -0.4 is 10.6 Å². The Kier molecular flexibility index (Phi) is 13.0. The molecule has 2 saturated heterocycles. The lowest BCUT2D eigenvalue weighted by molar-refractivity contribution is 0.211. The number of likely N-dealkylation sites (tertiary alicyclic amines) is 2. The Bertz CT molecular complexity index is 3200. The molecule has 0 amide bonds. The number of piperidine rings is 2. The molecule has 14 nitrogen and oxygen atoms in total. The van der Waals surface area contributed by atoms with E-state index in [0.717, 1.165) is 152 Å². The number of pyridine rings is 2. The van der Waals surface area contributed by atoms with Gasteiger partial charge in [0.15, 0.2) is 5.65 Å². The molecule has 2 aliphatic heterocycles. The third kappa shape index (κ3) is 10.1. The summed E-state index contributed by atoms with van der Waals surface area (Å²) >= 11 is 12.0. The smallest absolute Gasteiger partial charge is 0.223 e. The van der Waals surface area contributed by atoms with Gasteiger partial charge < -0.3 is 10.6 Å². The van der Waals surface area contributed by atoms with E-state index in [9.17, 15) is 0 Å². The van der Waals surface area contributed by atoms with E-state index in [1.165, 1.54) is 11.1 Å². The Morgan fingerprint density at radius 2 is 1.06 bits per heavy atom. The highest BCUT2D eigenvalue weighted by molar-refractivity contribution is 6.30. The van der Waals surface area contributed by atoms with Crippen LogP contribution in [0.1, 0.15) is 48.2 Å². The van der Waals surface area contributed by atoms with Gasteiger partial charge in [0.05, 0.1) is 46.5 Å². The summed E-state index contributed by atoms with van der Waals surface area (Å²) in [5, 5.41) is 27.1. The van der Waals surface area contributed by atoms with Gasteiger partial charge in [0.1, 0.15) is 0 Å². The van der Waals surface area contributed by atoms with Crippen LogP contribution >= 0.6 is 23.2 Å². The van der Waals surface area contributed by atoms with Gasteiger partial charge in [-0.2, -0.15) is 10.2 Å². The number of aromatic nitrogens is 10. The lowest BCUT2D eigenvalue weighted by atomic mass is 10.0. The molecule has 0 bridgehead atoms. The maximum absolute atomic E-state index is 6.01. The number of fused-ring (bicyclic) bond motifs is 4. The van der Waals surface area contributed by atoms with Gasteiger partial charge in [-0.1, -0.05) is 59.6 Å². The van der Waals surface area contributed by atoms with E-state index in [-0.39, 0.29) is 0 Å². The van der Waals surface area contributed by atoms with Crippen LogP contribution in [0.5, 0.6) is 0 Å². The molecule has 0 atom stereocenters. The zero-order chi connectivity index (χ0) is 47.6. The quantitative estimate of drug-likeness (QED) is 0.103. The van der Waals surface area contributed by atoms with Crippen molar-refractivity contribution in [3.63, 3.8) is 0 Å². The van der Waals surface area contributed by atoms with Crippen molar-refractivity contribution in [1.29, 1.82) is 0 Å². The Balaban J connectivity index is 0.000000152. The lowest BCUT2D eigenvalue weighted by Crippen LogP contribution is -2.39. The lowest BCUT2D eigenvalue weighted by Gasteiger charge is -2.32. The average molecular weight is 968 g/mol. The van der Waals surface area contributed by atoms with Crippen LogP contribution in [0.2, 0.25) is 10.0 Å².